The second-order valence-corrected chi connectivity index (χ2v) is 3.98. The zero-order valence-electron chi connectivity index (χ0n) is 8.36. The lowest BCUT2D eigenvalue weighted by molar-refractivity contribution is -0.384. The van der Waals surface area contributed by atoms with Crippen molar-refractivity contribution in [1.82, 2.24) is 4.98 Å². The number of aromatic carboxylic acids is 1. The zero-order chi connectivity index (χ0) is 12.4. The van der Waals surface area contributed by atoms with Gasteiger partial charge in [0, 0.05) is 11.4 Å². The van der Waals surface area contributed by atoms with Crippen LogP contribution in [0.15, 0.2) is 29.6 Å². The van der Waals surface area contributed by atoms with Crippen LogP contribution in [0.4, 0.5) is 5.69 Å². The van der Waals surface area contributed by atoms with Gasteiger partial charge in [0.05, 0.1) is 10.5 Å². The molecule has 0 amide bonds. The molecule has 0 unspecified atom stereocenters. The van der Waals surface area contributed by atoms with Crippen LogP contribution in [-0.4, -0.2) is 21.0 Å². The van der Waals surface area contributed by atoms with Crippen LogP contribution in [0, 0.1) is 10.1 Å². The lowest BCUT2D eigenvalue weighted by Gasteiger charge is -1.97. The summed E-state index contributed by atoms with van der Waals surface area (Å²) < 4.78 is 0. The molecule has 0 bridgehead atoms. The normalized spacial score (nSPS) is 10.1. The molecule has 6 nitrogen and oxygen atoms in total. The number of aromatic nitrogens is 1. The first-order valence-electron chi connectivity index (χ1n) is 4.52. The Morgan fingerprint density at radius 2 is 2.12 bits per heavy atom. The predicted octanol–water partition coefficient (Wildman–Crippen LogP) is 2.42. The highest BCUT2D eigenvalue weighted by Crippen LogP contribution is 2.31. The third-order valence-electron chi connectivity index (χ3n) is 2.05. The Morgan fingerprint density at radius 3 is 2.71 bits per heavy atom. The number of nitro groups is 1. The van der Waals surface area contributed by atoms with Gasteiger partial charge in [0.1, 0.15) is 5.01 Å². The maximum absolute atomic E-state index is 10.8. The van der Waals surface area contributed by atoms with Gasteiger partial charge < -0.3 is 5.11 Å². The van der Waals surface area contributed by atoms with Crippen LogP contribution < -0.4 is 0 Å². The minimum absolute atomic E-state index is 0.0845. The van der Waals surface area contributed by atoms with Gasteiger partial charge in [-0.25, -0.2) is 9.78 Å². The summed E-state index contributed by atoms with van der Waals surface area (Å²) in [5.41, 5.74) is 0.136. The molecule has 0 saturated heterocycles. The van der Waals surface area contributed by atoms with Crippen LogP contribution in [-0.2, 0) is 0 Å². The van der Waals surface area contributed by atoms with Crippen LogP contribution in [0.2, 0.25) is 0 Å². The van der Waals surface area contributed by atoms with Gasteiger partial charge in [-0.3, -0.25) is 10.1 Å². The Bertz CT molecular complexity index is 593. The Labute approximate surface area is 99.3 Å². The first kappa shape index (κ1) is 11.2. The van der Waals surface area contributed by atoms with E-state index in [0.29, 0.717) is 10.6 Å². The molecule has 0 aliphatic carbocycles. The average molecular weight is 250 g/mol. The fourth-order valence-electron chi connectivity index (χ4n) is 1.31. The van der Waals surface area contributed by atoms with Crippen LogP contribution in [0.1, 0.15) is 10.5 Å². The monoisotopic (exact) mass is 250 g/mol. The van der Waals surface area contributed by atoms with E-state index in [4.69, 9.17) is 5.11 Å². The molecule has 0 aliphatic heterocycles. The molecule has 1 aromatic heterocycles. The summed E-state index contributed by atoms with van der Waals surface area (Å²) in [5, 5.41) is 21.2. The van der Waals surface area contributed by atoms with E-state index in [1.165, 1.54) is 11.4 Å². The zero-order valence-corrected chi connectivity index (χ0v) is 9.18. The average Bonchev–Trinajstić information content (AvgIpc) is 2.78. The molecular formula is C10H6N2O4S. The van der Waals surface area contributed by atoms with Crippen molar-refractivity contribution in [2.75, 3.05) is 0 Å². The smallest absolute Gasteiger partial charge is 0.355 e. The molecule has 1 N–H and O–H groups in total. The number of thiazole rings is 1. The summed E-state index contributed by atoms with van der Waals surface area (Å²) in [5.74, 6) is -1.15. The Morgan fingerprint density at radius 1 is 1.41 bits per heavy atom. The van der Waals surface area contributed by atoms with Gasteiger partial charge in [-0.05, 0) is 6.07 Å². The van der Waals surface area contributed by atoms with Gasteiger partial charge in [-0.1, -0.05) is 12.1 Å². The van der Waals surface area contributed by atoms with Gasteiger partial charge in [-0.2, -0.15) is 0 Å². The number of rotatable bonds is 3. The van der Waals surface area contributed by atoms with E-state index >= 15 is 0 Å². The van der Waals surface area contributed by atoms with Crippen molar-refractivity contribution in [1.29, 1.82) is 0 Å². The minimum Gasteiger partial charge on any atom is -0.476 e. The molecule has 0 atom stereocenters. The molecule has 0 fully saturated rings. The fourth-order valence-corrected chi connectivity index (χ4v) is 2.14. The molecule has 86 valence electrons. The van der Waals surface area contributed by atoms with Gasteiger partial charge in [0.25, 0.3) is 5.69 Å². The number of benzene rings is 1. The van der Waals surface area contributed by atoms with Crippen LogP contribution >= 0.6 is 11.3 Å². The third-order valence-corrected chi connectivity index (χ3v) is 2.93. The molecule has 0 saturated carbocycles. The topological polar surface area (TPSA) is 93.3 Å². The van der Waals surface area contributed by atoms with E-state index in [-0.39, 0.29) is 11.4 Å². The summed E-state index contributed by atoms with van der Waals surface area (Å²) in [6.07, 6.45) is 0. The first-order chi connectivity index (χ1) is 8.09. The molecule has 0 spiro atoms. The summed E-state index contributed by atoms with van der Waals surface area (Å²) in [6, 6.07) is 6.09. The largest absolute Gasteiger partial charge is 0.476 e. The molecule has 0 aliphatic rings. The summed E-state index contributed by atoms with van der Waals surface area (Å²) in [7, 11) is 0. The molecule has 7 heteroatoms. The summed E-state index contributed by atoms with van der Waals surface area (Å²) >= 11 is 1.07. The third kappa shape index (κ3) is 2.13. The number of carboxylic acid groups (broad SMARTS) is 1. The van der Waals surface area contributed by atoms with Crippen molar-refractivity contribution in [3.05, 3.63) is 45.5 Å². The minimum atomic E-state index is -1.15. The maximum Gasteiger partial charge on any atom is 0.355 e. The van der Waals surface area contributed by atoms with E-state index in [1.807, 2.05) is 0 Å². The standard InChI is InChI=1S/C10H6N2O4S/c13-10(14)7-5-17-9(11-7)6-3-1-2-4-8(6)12(15)16/h1-5H,(H,13,14). The predicted molar refractivity (Wildman–Crippen MR) is 61.2 cm³/mol. The lowest BCUT2D eigenvalue weighted by Crippen LogP contribution is -1.96. The van der Waals surface area contributed by atoms with E-state index < -0.39 is 10.9 Å². The van der Waals surface area contributed by atoms with E-state index in [0.717, 1.165) is 11.3 Å². The SMILES string of the molecule is O=C(O)c1csc(-c2ccccc2[N+](=O)[O-])n1. The molecule has 1 heterocycles. The second kappa shape index (κ2) is 4.30. The van der Waals surface area contributed by atoms with Gasteiger partial charge in [0.15, 0.2) is 5.69 Å². The van der Waals surface area contributed by atoms with Crippen molar-refractivity contribution < 1.29 is 14.8 Å². The van der Waals surface area contributed by atoms with E-state index in [1.54, 1.807) is 18.2 Å². The molecular weight excluding hydrogens is 244 g/mol. The lowest BCUT2D eigenvalue weighted by atomic mass is 10.2. The molecule has 17 heavy (non-hydrogen) atoms. The van der Waals surface area contributed by atoms with E-state index in [9.17, 15) is 14.9 Å². The van der Waals surface area contributed by atoms with Crippen molar-refractivity contribution in [3.8, 4) is 10.6 Å². The summed E-state index contributed by atoms with van der Waals surface area (Å²) in [6.45, 7) is 0. The Kier molecular flexibility index (Phi) is 2.84. The number of nitrogens with zero attached hydrogens (tertiary/aromatic N) is 2. The maximum atomic E-state index is 10.8. The molecule has 1 aromatic carbocycles. The van der Waals surface area contributed by atoms with Gasteiger partial charge >= 0.3 is 5.97 Å². The van der Waals surface area contributed by atoms with Gasteiger partial charge in [0.2, 0.25) is 0 Å². The van der Waals surface area contributed by atoms with Crippen molar-refractivity contribution >= 4 is 23.0 Å². The highest BCUT2D eigenvalue weighted by molar-refractivity contribution is 7.13. The number of hydrogen-bond acceptors (Lipinski definition) is 5. The Hall–Kier alpha value is -2.28. The fraction of sp³-hybridized carbons (Fsp3) is 0. The first-order valence-corrected chi connectivity index (χ1v) is 5.40. The van der Waals surface area contributed by atoms with Crippen LogP contribution in [0.25, 0.3) is 10.6 Å². The molecule has 0 radical (unpaired) electrons. The highest BCUT2D eigenvalue weighted by atomic mass is 32.1. The molecule has 2 aromatic rings. The number of hydrogen-bond donors (Lipinski definition) is 1. The van der Waals surface area contributed by atoms with Crippen molar-refractivity contribution in [2.45, 2.75) is 0 Å². The van der Waals surface area contributed by atoms with Crippen molar-refractivity contribution in [3.63, 3.8) is 0 Å². The molecule has 2 rings (SSSR count). The van der Waals surface area contributed by atoms with E-state index in [2.05, 4.69) is 4.98 Å². The number of carboxylic acids is 1. The number of para-hydroxylation sites is 1. The Balaban J connectivity index is 2.52. The highest BCUT2D eigenvalue weighted by Gasteiger charge is 2.18. The quantitative estimate of drug-likeness (QED) is 0.666. The van der Waals surface area contributed by atoms with Crippen molar-refractivity contribution in [2.24, 2.45) is 0 Å². The van der Waals surface area contributed by atoms with Gasteiger partial charge in [-0.15, -0.1) is 11.3 Å². The van der Waals surface area contributed by atoms with Crippen LogP contribution in [0.3, 0.4) is 0 Å². The summed E-state index contributed by atoms with van der Waals surface area (Å²) in [4.78, 5) is 24.8. The number of nitro benzene ring substituents is 1. The van der Waals surface area contributed by atoms with Crippen LogP contribution in [0.5, 0.6) is 0 Å². The number of carbonyl (C=O) groups is 1. The second-order valence-electron chi connectivity index (χ2n) is 3.12.